The van der Waals surface area contributed by atoms with E-state index in [1.54, 1.807) is 19.1 Å². The van der Waals surface area contributed by atoms with E-state index >= 15 is 0 Å². The van der Waals surface area contributed by atoms with Crippen LogP contribution in [0.2, 0.25) is 0 Å². The van der Waals surface area contributed by atoms with Gasteiger partial charge in [0.15, 0.2) is 0 Å². The minimum Gasteiger partial charge on any atom is -0.507 e. The van der Waals surface area contributed by atoms with Gasteiger partial charge >= 0.3 is 0 Å². The first kappa shape index (κ1) is 14.5. The quantitative estimate of drug-likeness (QED) is 0.836. The number of hydrogen-bond acceptors (Lipinski definition) is 4. The Morgan fingerprint density at radius 3 is 2.45 bits per heavy atom. The molecular weight excluding hydrogens is 280 g/mol. The summed E-state index contributed by atoms with van der Waals surface area (Å²) in [5.74, 6) is -2.15. The monoisotopic (exact) mass is 296 g/mol. The number of aryl methyl sites for hydroxylation is 1. The van der Waals surface area contributed by atoms with Crippen molar-refractivity contribution in [1.29, 1.82) is 0 Å². The predicted molar refractivity (Wildman–Crippen MR) is 83.8 cm³/mol. The Hall–Kier alpha value is -2.46. The van der Waals surface area contributed by atoms with Crippen LogP contribution in [-0.4, -0.2) is 28.4 Å². The summed E-state index contributed by atoms with van der Waals surface area (Å²) < 4.78 is 0. The predicted octanol–water partition coefficient (Wildman–Crippen LogP) is 2.81. The molecule has 1 aliphatic rings. The molecule has 0 radical (unpaired) electrons. The number of ketones is 2. The number of carbonyl (C=O) groups excluding carboxylic acids is 2. The van der Waals surface area contributed by atoms with Crippen molar-refractivity contribution in [2.75, 3.05) is 6.61 Å². The van der Waals surface area contributed by atoms with Crippen LogP contribution in [0.1, 0.15) is 28.4 Å². The lowest BCUT2D eigenvalue weighted by Gasteiger charge is -2.22. The van der Waals surface area contributed by atoms with E-state index in [1.165, 1.54) is 0 Å². The summed E-state index contributed by atoms with van der Waals surface area (Å²) in [5.41, 5.74) is 1.60. The second kappa shape index (κ2) is 5.07. The lowest BCUT2D eigenvalue weighted by molar-refractivity contribution is -0.112. The largest absolute Gasteiger partial charge is 0.507 e. The number of aliphatic hydroxyl groups excluding tert-OH is 2. The topological polar surface area (TPSA) is 74.6 Å². The highest BCUT2D eigenvalue weighted by molar-refractivity contribution is 6.54. The van der Waals surface area contributed by atoms with E-state index in [4.69, 9.17) is 0 Å². The van der Waals surface area contributed by atoms with Crippen LogP contribution >= 0.6 is 0 Å². The van der Waals surface area contributed by atoms with Gasteiger partial charge in [0.05, 0.1) is 5.57 Å². The second-order valence-corrected chi connectivity index (χ2v) is 5.66. The molecule has 0 saturated heterocycles. The summed E-state index contributed by atoms with van der Waals surface area (Å²) in [6, 6.07) is 9.03. The van der Waals surface area contributed by atoms with Gasteiger partial charge in [-0.15, -0.1) is 0 Å². The SMILES string of the molecule is Cc1cccc2c3c(ccc12)C(O)=C([C@H](C)CO)C(=O)C3=O. The highest BCUT2D eigenvalue weighted by Gasteiger charge is 2.36. The molecule has 4 nitrogen and oxygen atoms in total. The van der Waals surface area contributed by atoms with Gasteiger partial charge in [0.25, 0.3) is 0 Å². The molecule has 0 aromatic heterocycles. The van der Waals surface area contributed by atoms with Crippen molar-refractivity contribution in [2.45, 2.75) is 13.8 Å². The van der Waals surface area contributed by atoms with Crippen LogP contribution in [-0.2, 0) is 4.79 Å². The maximum absolute atomic E-state index is 12.5. The van der Waals surface area contributed by atoms with Gasteiger partial charge in [-0.05, 0) is 29.3 Å². The van der Waals surface area contributed by atoms with E-state index in [0.717, 1.165) is 10.9 Å². The van der Waals surface area contributed by atoms with Crippen molar-refractivity contribution < 1.29 is 19.8 Å². The molecule has 0 heterocycles. The third-order valence-electron chi connectivity index (χ3n) is 4.23. The molecule has 1 atom stereocenters. The first-order valence-electron chi connectivity index (χ1n) is 7.13. The molecule has 0 spiro atoms. The maximum Gasteiger partial charge on any atom is 0.234 e. The van der Waals surface area contributed by atoms with E-state index in [-0.39, 0.29) is 23.5 Å². The molecule has 4 heteroatoms. The number of rotatable bonds is 2. The fraction of sp³-hybridized carbons (Fsp3) is 0.222. The van der Waals surface area contributed by atoms with Gasteiger partial charge in [-0.25, -0.2) is 0 Å². The zero-order chi connectivity index (χ0) is 16.0. The Bertz CT molecular complexity index is 846. The van der Waals surface area contributed by atoms with Gasteiger partial charge in [0.1, 0.15) is 5.76 Å². The number of Topliss-reactive ketones (excluding diaryl/α,β-unsaturated/α-hetero) is 2. The average Bonchev–Trinajstić information content (AvgIpc) is 2.52. The minimum absolute atomic E-state index is 0.00740. The van der Waals surface area contributed by atoms with E-state index in [9.17, 15) is 19.8 Å². The van der Waals surface area contributed by atoms with Crippen LogP contribution in [0.15, 0.2) is 35.9 Å². The highest BCUT2D eigenvalue weighted by atomic mass is 16.3. The summed E-state index contributed by atoms with van der Waals surface area (Å²) in [6.45, 7) is 3.23. The molecule has 2 aromatic rings. The molecule has 0 saturated carbocycles. The standard InChI is InChI=1S/C18H16O4/c1-9-4-3-5-12-11(9)6-7-13-15(12)18(22)17(21)14(16(13)20)10(2)8-19/h3-7,10,19-20H,8H2,1-2H3/t10-/m1/s1. The fourth-order valence-corrected chi connectivity index (χ4v) is 2.99. The van der Waals surface area contributed by atoms with Crippen molar-refractivity contribution in [1.82, 2.24) is 0 Å². The number of benzene rings is 2. The maximum atomic E-state index is 12.5. The zero-order valence-electron chi connectivity index (χ0n) is 12.4. The van der Waals surface area contributed by atoms with Crippen LogP contribution < -0.4 is 0 Å². The Balaban J connectivity index is 2.40. The molecule has 0 bridgehead atoms. The fourth-order valence-electron chi connectivity index (χ4n) is 2.99. The smallest absolute Gasteiger partial charge is 0.234 e. The number of carbonyl (C=O) groups is 2. The van der Waals surface area contributed by atoms with Gasteiger partial charge in [-0.3, -0.25) is 9.59 Å². The minimum atomic E-state index is -0.736. The molecule has 0 fully saturated rings. The molecule has 2 aromatic carbocycles. The van der Waals surface area contributed by atoms with Crippen molar-refractivity contribution in [3.8, 4) is 0 Å². The lowest BCUT2D eigenvalue weighted by atomic mass is 9.81. The molecule has 22 heavy (non-hydrogen) atoms. The number of fused-ring (bicyclic) bond motifs is 3. The number of aliphatic hydroxyl groups is 2. The molecular formula is C18H16O4. The second-order valence-electron chi connectivity index (χ2n) is 5.66. The molecule has 3 rings (SSSR count). The van der Waals surface area contributed by atoms with Gasteiger partial charge in [0, 0.05) is 23.7 Å². The third kappa shape index (κ3) is 1.88. The van der Waals surface area contributed by atoms with Crippen molar-refractivity contribution >= 4 is 28.1 Å². The summed E-state index contributed by atoms with van der Waals surface area (Å²) >= 11 is 0. The van der Waals surface area contributed by atoms with Gasteiger partial charge in [-0.2, -0.15) is 0 Å². The third-order valence-corrected chi connectivity index (χ3v) is 4.23. The van der Waals surface area contributed by atoms with Crippen molar-refractivity contribution in [2.24, 2.45) is 5.92 Å². The van der Waals surface area contributed by atoms with Crippen LogP contribution in [0.3, 0.4) is 0 Å². The first-order valence-corrected chi connectivity index (χ1v) is 7.13. The van der Waals surface area contributed by atoms with Crippen LogP contribution in [0.4, 0.5) is 0 Å². The summed E-state index contributed by atoms with van der Waals surface area (Å²) in [7, 11) is 0. The van der Waals surface area contributed by atoms with E-state index in [1.807, 2.05) is 25.1 Å². The van der Waals surface area contributed by atoms with Crippen LogP contribution in [0.5, 0.6) is 0 Å². The molecule has 0 unspecified atom stereocenters. The van der Waals surface area contributed by atoms with Crippen LogP contribution in [0, 0.1) is 12.8 Å². The first-order chi connectivity index (χ1) is 10.5. The summed E-state index contributed by atoms with van der Waals surface area (Å²) in [4.78, 5) is 24.9. The molecule has 0 aliphatic heterocycles. The normalized spacial score (nSPS) is 16.1. The Morgan fingerprint density at radius 1 is 1.05 bits per heavy atom. The van der Waals surface area contributed by atoms with Crippen LogP contribution in [0.25, 0.3) is 16.5 Å². The Morgan fingerprint density at radius 2 is 1.77 bits per heavy atom. The van der Waals surface area contributed by atoms with Crippen molar-refractivity contribution in [3.63, 3.8) is 0 Å². The lowest BCUT2D eigenvalue weighted by Crippen LogP contribution is -2.28. The van der Waals surface area contributed by atoms with E-state index in [2.05, 4.69) is 0 Å². The Kier molecular flexibility index (Phi) is 3.34. The zero-order valence-corrected chi connectivity index (χ0v) is 12.4. The molecule has 112 valence electrons. The summed E-state index contributed by atoms with van der Waals surface area (Å²) in [5, 5.41) is 21.2. The number of hydrogen-bond donors (Lipinski definition) is 2. The van der Waals surface area contributed by atoms with Gasteiger partial charge in [0.2, 0.25) is 11.6 Å². The highest BCUT2D eigenvalue weighted by Crippen LogP contribution is 2.36. The van der Waals surface area contributed by atoms with E-state index in [0.29, 0.717) is 10.9 Å². The molecule has 2 N–H and O–H groups in total. The van der Waals surface area contributed by atoms with Gasteiger partial charge in [-0.1, -0.05) is 31.2 Å². The van der Waals surface area contributed by atoms with Crippen molar-refractivity contribution in [3.05, 3.63) is 52.6 Å². The summed E-state index contributed by atoms with van der Waals surface area (Å²) in [6.07, 6.45) is 0. The average molecular weight is 296 g/mol. The van der Waals surface area contributed by atoms with E-state index < -0.39 is 17.5 Å². The molecule has 0 amide bonds. The van der Waals surface area contributed by atoms with Gasteiger partial charge < -0.3 is 10.2 Å². The Labute approximate surface area is 127 Å². The molecule has 1 aliphatic carbocycles.